The van der Waals surface area contributed by atoms with Gasteiger partial charge in [0.15, 0.2) is 0 Å². The van der Waals surface area contributed by atoms with Crippen molar-refractivity contribution in [2.24, 2.45) is 11.8 Å². The Morgan fingerprint density at radius 3 is 2.61 bits per heavy atom. The van der Waals surface area contributed by atoms with E-state index >= 15 is 0 Å². The maximum absolute atomic E-state index is 12.8. The van der Waals surface area contributed by atoms with Gasteiger partial charge in [-0.1, -0.05) is 23.3 Å². The first-order valence-corrected chi connectivity index (χ1v) is 9.79. The summed E-state index contributed by atoms with van der Waals surface area (Å²) in [6.45, 7) is 4.07. The SMILES string of the molecule is COC(=O)[C@@H]1CCC(=O)N1[C@@H]1C=C(CCC=C(C)C)C[C@@H]2C(=O)N(C)C(=O)[C@@H]21. The molecular formula is C21H28N2O5. The average Bonchev–Trinajstić information content (AvgIpc) is 3.14. The number of rotatable bonds is 5. The standard InChI is InChI=1S/C21H28N2O5/c1-12(2)6-5-7-13-10-14-18(20(26)22(3)19(14)25)16(11-13)23-15(21(27)28-4)8-9-17(23)24/h6,11,14-16,18H,5,7-10H2,1-4H3/t14-,15-,16+,18-/m0/s1. The second-order valence-corrected chi connectivity index (χ2v) is 8.09. The summed E-state index contributed by atoms with van der Waals surface area (Å²) in [7, 11) is 2.79. The van der Waals surface area contributed by atoms with Gasteiger partial charge in [-0.25, -0.2) is 4.79 Å². The van der Waals surface area contributed by atoms with Crippen LogP contribution in [0.4, 0.5) is 0 Å². The zero-order valence-electron chi connectivity index (χ0n) is 16.9. The van der Waals surface area contributed by atoms with Gasteiger partial charge in [0, 0.05) is 13.5 Å². The average molecular weight is 388 g/mol. The van der Waals surface area contributed by atoms with Crippen LogP contribution < -0.4 is 0 Å². The van der Waals surface area contributed by atoms with E-state index in [1.54, 1.807) is 0 Å². The minimum absolute atomic E-state index is 0.171. The minimum atomic E-state index is -0.703. The van der Waals surface area contributed by atoms with Gasteiger partial charge in [-0.3, -0.25) is 19.3 Å². The van der Waals surface area contributed by atoms with Crippen molar-refractivity contribution in [2.45, 2.75) is 58.0 Å². The van der Waals surface area contributed by atoms with E-state index in [0.29, 0.717) is 12.8 Å². The summed E-state index contributed by atoms with van der Waals surface area (Å²) in [5.41, 5.74) is 2.28. The molecule has 0 aromatic rings. The van der Waals surface area contributed by atoms with Gasteiger partial charge in [0.1, 0.15) is 6.04 Å². The molecule has 0 radical (unpaired) electrons. The largest absolute Gasteiger partial charge is 0.467 e. The van der Waals surface area contributed by atoms with Gasteiger partial charge in [-0.15, -0.1) is 0 Å². The van der Waals surface area contributed by atoms with Gasteiger partial charge in [0.05, 0.1) is 25.0 Å². The number of allylic oxidation sites excluding steroid dienone is 3. The summed E-state index contributed by atoms with van der Waals surface area (Å²) in [4.78, 5) is 53.0. The van der Waals surface area contributed by atoms with Crippen molar-refractivity contribution < 1.29 is 23.9 Å². The molecule has 1 aliphatic carbocycles. The van der Waals surface area contributed by atoms with Crippen LogP contribution in [0.2, 0.25) is 0 Å². The summed E-state index contributed by atoms with van der Waals surface area (Å²) in [6.07, 6.45) is 6.82. The number of esters is 1. The zero-order chi connectivity index (χ0) is 20.6. The van der Waals surface area contributed by atoms with Crippen molar-refractivity contribution in [2.75, 3.05) is 14.2 Å². The van der Waals surface area contributed by atoms with E-state index in [1.165, 1.54) is 29.5 Å². The Kier molecular flexibility index (Phi) is 5.72. The molecule has 2 fully saturated rings. The van der Waals surface area contributed by atoms with Crippen LogP contribution in [0, 0.1) is 11.8 Å². The highest BCUT2D eigenvalue weighted by atomic mass is 16.5. The summed E-state index contributed by atoms with van der Waals surface area (Å²) in [5.74, 6) is -2.22. The lowest BCUT2D eigenvalue weighted by Crippen LogP contribution is -2.52. The molecule has 2 saturated heterocycles. The van der Waals surface area contributed by atoms with Crippen molar-refractivity contribution in [3.8, 4) is 0 Å². The van der Waals surface area contributed by atoms with E-state index in [1.807, 2.05) is 19.9 Å². The number of carbonyl (C=O) groups is 4. The third-order valence-electron chi connectivity index (χ3n) is 6.02. The maximum atomic E-state index is 12.8. The molecular weight excluding hydrogens is 360 g/mol. The molecule has 2 aliphatic heterocycles. The summed E-state index contributed by atoms with van der Waals surface area (Å²) < 4.78 is 4.88. The number of imide groups is 1. The third kappa shape index (κ3) is 3.50. The normalized spacial score (nSPS) is 29.7. The molecule has 3 amide bonds. The molecule has 3 rings (SSSR count). The van der Waals surface area contributed by atoms with Crippen LogP contribution in [0.3, 0.4) is 0 Å². The van der Waals surface area contributed by atoms with Crippen molar-refractivity contribution >= 4 is 23.7 Å². The topological polar surface area (TPSA) is 84.0 Å². The highest BCUT2D eigenvalue weighted by Crippen LogP contribution is 2.42. The number of fused-ring (bicyclic) bond motifs is 1. The van der Waals surface area contributed by atoms with Gasteiger partial charge >= 0.3 is 5.97 Å². The van der Waals surface area contributed by atoms with Crippen molar-refractivity contribution in [3.05, 3.63) is 23.3 Å². The van der Waals surface area contributed by atoms with Crippen LogP contribution in [-0.2, 0) is 23.9 Å². The molecule has 7 nitrogen and oxygen atoms in total. The van der Waals surface area contributed by atoms with Crippen molar-refractivity contribution in [3.63, 3.8) is 0 Å². The van der Waals surface area contributed by atoms with E-state index in [-0.39, 0.29) is 24.1 Å². The Balaban J connectivity index is 1.97. The van der Waals surface area contributed by atoms with E-state index in [2.05, 4.69) is 6.08 Å². The lowest BCUT2D eigenvalue weighted by molar-refractivity contribution is -0.152. The number of hydrogen-bond donors (Lipinski definition) is 0. The highest BCUT2D eigenvalue weighted by Gasteiger charge is 2.55. The van der Waals surface area contributed by atoms with E-state index < -0.39 is 29.9 Å². The second-order valence-electron chi connectivity index (χ2n) is 8.09. The first-order chi connectivity index (χ1) is 13.3. The number of hydrogen-bond acceptors (Lipinski definition) is 5. The molecule has 0 unspecified atom stereocenters. The number of ether oxygens (including phenoxy) is 1. The molecule has 0 N–H and O–H groups in total. The lowest BCUT2D eigenvalue weighted by Gasteiger charge is -2.38. The van der Waals surface area contributed by atoms with Crippen LogP contribution in [-0.4, -0.2) is 59.7 Å². The fourth-order valence-corrected chi connectivity index (χ4v) is 4.63. The van der Waals surface area contributed by atoms with E-state index in [4.69, 9.17) is 4.74 Å². The van der Waals surface area contributed by atoms with Crippen LogP contribution in [0.15, 0.2) is 23.3 Å². The van der Waals surface area contributed by atoms with Crippen LogP contribution >= 0.6 is 0 Å². The predicted octanol–water partition coefficient (Wildman–Crippen LogP) is 1.83. The number of amides is 3. The van der Waals surface area contributed by atoms with E-state index in [0.717, 1.165) is 18.4 Å². The number of methoxy groups -OCH3 is 1. The minimum Gasteiger partial charge on any atom is -0.467 e. The van der Waals surface area contributed by atoms with Gasteiger partial charge in [-0.2, -0.15) is 0 Å². The maximum Gasteiger partial charge on any atom is 0.328 e. The Morgan fingerprint density at radius 2 is 1.96 bits per heavy atom. The molecule has 0 aromatic carbocycles. The molecule has 28 heavy (non-hydrogen) atoms. The molecule has 152 valence electrons. The predicted molar refractivity (Wildman–Crippen MR) is 102 cm³/mol. The Bertz CT molecular complexity index is 765. The van der Waals surface area contributed by atoms with Gasteiger partial charge in [-0.05, 0) is 39.5 Å². The Hall–Kier alpha value is -2.44. The molecule has 2 heterocycles. The fraction of sp³-hybridized carbons (Fsp3) is 0.619. The van der Waals surface area contributed by atoms with Gasteiger partial charge < -0.3 is 9.64 Å². The van der Waals surface area contributed by atoms with Crippen LogP contribution in [0.5, 0.6) is 0 Å². The Morgan fingerprint density at radius 1 is 1.25 bits per heavy atom. The smallest absolute Gasteiger partial charge is 0.328 e. The summed E-state index contributed by atoms with van der Waals surface area (Å²) >= 11 is 0. The fourth-order valence-electron chi connectivity index (χ4n) is 4.63. The summed E-state index contributed by atoms with van der Waals surface area (Å²) in [5, 5.41) is 0. The van der Waals surface area contributed by atoms with Crippen molar-refractivity contribution in [1.82, 2.24) is 9.80 Å². The quantitative estimate of drug-likeness (QED) is 0.408. The first kappa shape index (κ1) is 20.3. The first-order valence-electron chi connectivity index (χ1n) is 9.79. The summed E-state index contributed by atoms with van der Waals surface area (Å²) in [6, 6.07) is -1.29. The number of likely N-dealkylation sites (tertiary alicyclic amines) is 2. The highest BCUT2D eigenvalue weighted by molar-refractivity contribution is 6.06. The van der Waals surface area contributed by atoms with E-state index in [9.17, 15) is 19.2 Å². The molecule has 0 spiro atoms. The zero-order valence-corrected chi connectivity index (χ0v) is 16.9. The molecule has 7 heteroatoms. The molecule has 0 aromatic heterocycles. The number of carbonyl (C=O) groups excluding carboxylic acids is 4. The molecule has 0 saturated carbocycles. The van der Waals surface area contributed by atoms with Crippen LogP contribution in [0.1, 0.15) is 46.0 Å². The third-order valence-corrected chi connectivity index (χ3v) is 6.02. The molecule has 4 atom stereocenters. The van der Waals surface area contributed by atoms with Crippen molar-refractivity contribution in [1.29, 1.82) is 0 Å². The monoisotopic (exact) mass is 388 g/mol. The molecule has 3 aliphatic rings. The van der Waals surface area contributed by atoms with Crippen LogP contribution in [0.25, 0.3) is 0 Å². The number of nitrogens with zero attached hydrogens (tertiary/aromatic N) is 2. The van der Waals surface area contributed by atoms with Gasteiger partial charge in [0.2, 0.25) is 17.7 Å². The van der Waals surface area contributed by atoms with Gasteiger partial charge in [0.25, 0.3) is 0 Å². The lowest BCUT2D eigenvalue weighted by atomic mass is 9.76. The molecule has 0 bridgehead atoms. The Labute approximate surface area is 165 Å². The second kappa shape index (κ2) is 7.89.